The largest absolute Gasteiger partial charge is 0.366 e. The fourth-order valence-electron chi connectivity index (χ4n) is 4.25. The number of sulfonamides is 1. The maximum Gasteiger partial charge on any atom is 0.254 e. The van der Waals surface area contributed by atoms with E-state index in [4.69, 9.17) is 17.3 Å². The van der Waals surface area contributed by atoms with Crippen LogP contribution in [0.1, 0.15) is 36.6 Å². The van der Waals surface area contributed by atoms with Gasteiger partial charge in [-0.2, -0.15) is 13.8 Å². The number of hydrogen-bond acceptors (Lipinski definition) is 6. The second kappa shape index (κ2) is 5.88. The minimum atomic E-state index is -3.65. The van der Waals surface area contributed by atoms with Crippen molar-refractivity contribution in [3.05, 3.63) is 46.7 Å². The van der Waals surface area contributed by atoms with E-state index in [1.165, 1.54) is 0 Å². The van der Waals surface area contributed by atoms with Gasteiger partial charge in [0.2, 0.25) is 16.0 Å². The number of nitrogens with zero attached hydrogens (tertiary/aromatic N) is 5. The van der Waals surface area contributed by atoms with E-state index in [9.17, 15) is 8.42 Å². The van der Waals surface area contributed by atoms with E-state index in [-0.39, 0.29) is 22.9 Å². The number of piperidine rings is 1. The van der Waals surface area contributed by atoms with Gasteiger partial charge in [0, 0.05) is 29.2 Å². The van der Waals surface area contributed by atoms with Crippen LogP contribution >= 0.6 is 11.6 Å². The number of nitrogen functional groups attached to an aromatic ring is 1. The third kappa shape index (κ3) is 2.53. The molecule has 0 spiro atoms. The minimum Gasteiger partial charge on any atom is -0.366 e. The number of halogens is 1. The molecule has 0 aliphatic carbocycles. The van der Waals surface area contributed by atoms with Gasteiger partial charge >= 0.3 is 0 Å². The van der Waals surface area contributed by atoms with Crippen molar-refractivity contribution in [1.29, 1.82) is 0 Å². The lowest BCUT2D eigenvalue weighted by Gasteiger charge is -2.45. The van der Waals surface area contributed by atoms with Crippen molar-refractivity contribution in [2.45, 2.75) is 42.7 Å². The zero-order valence-electron chi connectivity index (χ0n) is 14.3. The molecule has 0 radical (unpaired) electrons. The monoisotopic (exact) mass is 404 g/mol. The highest BCUT2D eigenvalue weighted by molar-refractivity contribution is 7.89. The van der Waals surface area contributed by atoms with E-state index < -0.39 is 10.0 Å². The summed E-state index contributed by atoms with van der Waals surface area (Å²) < 4.78 is 30.1. The van der Waals surface area contributed by atoms with Gasteiger partial charge in [-0.1, -0.05) is 11.6 Å². The Balaban J connectivity index is 1.65. The first-order chi connectivity index (χ1) is 12.9. The molecule has 0 amide bonds. The summed E-state index contributed by atoms with van der Waals surface area (Å²) in [5.74, 6) is 0.607. The lowest BCUT2D eigenvalue weighted by molar-refractivity contribution is 0.159. The van der Waals surface area contributed by atoms with Crippen LogP contribution in [0, 0.1) is 0 Å². The van der Waals surface area contributed by atoms with Crippen LogP contribution in [-0.2, 0) is 16.4 Å². The molecule has 3 aromatic rings. The number of rotatable bonds is 2. The van der Waals surface area contributed by atoms with Gasteiger partial charge < -0.3 is 5.73 Å². The highest BCUT2D eigenvalue weighted by Crippen LogP contribution is 2.44. The Bertz CT molecular complexity index is 1140. The molecule has 0 saturated carbocycles. The molecule has 2 unspecified atom stereocenters. The summed E-state index contributed by atoms with van der Waals surface area (Å²) in [5, 5.41) is 4.75. The molecule has 4 heterocycles. The fraction of sp³-hybridized carbons (Fsp3) is 0.353. The average molecular weight is 405 g/mol. The minimum absolute atomic E-state index is 0.132. The molecule has 8 nitrogen and oxygen atoms in total. The summed E-state index contributed by atoms with van der Waals surface area (Å²) in [6.07, 6.45) is 4.79. The smallest absolute Gasteiger partial charge is 0.254 e. The number of fused-ring (bicyclic) bond motifs is 6. The van der Waals surface area contributed by atoms with Gasteiger partial charge in [0.15, 0.2) is 0 Å². The van der Waals surface area contributed by atoms with Crippen molar-refractivity contribution < 1.29 is 8.42 Å². The summed E-state index contributed by atoms with van der Waals surface area (Å²) >= 11 is 5.93. The van der Waals surface area contributed by atoms with Gasteiger partial charge in [-0.3, -0.25) is 0 Å². The van der Waals surface area contributed by atoms with Crippen molar-refractivity contribution in [3.8, 4) is 0 Å². The second-order valence-corrected chi connectivity index (χ2v) is 9.22. The molecular formula is C17H17ClN6O2S. The average Bonchev–Trinajstić information content (AvgIpc) is 3.02. The zero-order valence-corrected chi connectivity index (χ0v) is 15.9. The van der Waals surface area contributed by atoms with Crippen molar-refractivity contribution in [3.63, 3.8) is 0 Å². The standard InChI is InChI=1S/C17H17ClN6O2S/c18-10-4-6-12(7-5-10)27(25,26)24-11-2-1-3-14(24)13-9-20-17-21-16(19)22-23(17)15(13)8-11/h4-7,9,11,14H,1-3,8H2,(H2,19,22). The third-order valence-corrected chi connectivity index (χ3v) is 7.60. The first kappa shape index (κ1) is 16.9. The van der Waals surface area contributed by atoms with Crippen LogP contribution in [0.5, 0.6) is 0 Å². The van der Waals surface area contributed by atoms with E-state index in [1.54, 1.807) is 39.3 Å². The van der Waals surface area contributed by atoms with Gasteiger partial charge in [0.05, 0.1) is 16.6 Å². The number of aromatic nitrogens is 4. The number of nitrogens with two attached hydrogens (primary N) is 1. The van der Waals surface area contributed by atoms with Crippen LogP contribution in [-0.4, -0.2) is 38.3 Å². The van der Waals surface area contributed by atoms with Crippen LogP contribution in [0.4, 0.5) is 5.95 Å². The molecule has 2 N–H and O–H groups in total. The van der Waals surface area contributed by atoms with Gasteiger partial charge in [0.25, 0.3) is 5.78 Å². The molecular weight excluding hydrogens is 388 g/mol. The Kier molecular flexibility index (Phi) is 3.68. The summed E-state index contributed by atoms with van der Waals surface area (Å²) in [6.45, 7) is 0. The normalized spacial score (nSPS) is 22.7. The SMILES string of the molecule is Nc1nc2ncc3c(n2n1)CC1CCCC3N1S(=O)(=O)c1ccc(Cl)cc1. The summed E-state index contributed by atoms with van der Waals surface area (Å²) in [6, 6.07) is 5.92. The van der Waals surface area contributed by atoms with E-state index in [1.807, 2.05) is 0 Å². The maximum absolute atomic E-state index is 13.4. The Morgan fingerprint density at radius 3 is 2.74 bits per heavy atom. The molecule has 1 fully saturated rings. The molecule has 10 heteroatoms. The van der Waals surface area contributed by atoms with Crippen molar-refractivity contribution in [2.75, 3.05) is 5.73 Å². The number of hydrogen-bond donors (Lipinski definition) is 1. The van der Waals surface area contributed by atoms with Crippen molar-refractivity contribution >= 4 is 33.4 Å². The molecule has 2 aliphatic heterocycles. The first-order valence-corrected chi connectivity index (χ1v) is 10.6. The van der Waals surface area contributed by atoms with E-state index in [2.05, 4.69) is 15.1 Å². The van der Waals surface area contributed by atoms with Crippen LogP contribution in [0.3, 0.4) is 0 Å². The Morgan fingerprint density at radius 1 is 1.19 bits per heavy atom. The molecule has 2 bridgehead atoms. The topological polar surface area (TPSA) is 106 Å². The van der Waals surface area contributed by atoms with Gasteiger partial charge in [-0.05, 0) is 43.5 Å². The Labute approximate surface area is 161 Å². The Hall–Kier alpha value is -2.23. The molecule has 1 aromatic carbocycles. The molecule has 1 saturated heterocycles. The predicted molar refractivity (Wildman–Crippen MR) is 99.8 cm³/mol. The predicted octanol–water partition coefficient (Wildman–Crippen LogP) is 2.20. The molecule has 5 rings (SSSR count). The van der Waals surface area contributed by atoms with Gasteiger partial charge in [-0.15, -0.1) is 5.10 Å². The lowest BCUT2D eigenvalue weighted by atomic mass is 9.85. The summed E-state index contributed by atoms with van der Waals surface area (Å²) in [5.41, 5.74) is 7.55. The molecule has 27 heavy (non-hydrogen) atoms. The third-order valence-electron chi connectivity index (χ3n) is 5.37. The highest BCUT2D eigenvalue weighted by atomic mass is 35.5. The van der Waals surface area contributed by atoms with E-state index in [0.29, 0.717) is 17.2 Å². The van der Waals surface area contributed by atoms with Crippen molar-refractivity contribution in [2.24, 2.45) is 0 Å². The number of anilines is 1. The second-order valence-electron chi connectivity index (χ2n) is 6.94. The molecule has 140 valence electrons. The van der Waals surface area contributed by atoms with Gasteiger partial charge in [-0.25, -0.2) is 13.4 Å². The summed E-state index contributed by atoms with van der Waals surface area (Å²) in [4.78, 5) is 8.70. The Morgan fingerprint density at radius 2 is 1.96 bits per heavy atom. The highest BCUT2D eigenvalue weighted by Gasteiger charge is 2.45. The molecule has 2 atom stereocenters. The molecule has 2 aromatic heterocycles. The van der Waals surface area contributed by atoms with E-state index in [0.717, 1.165) is 30.5 Å². The molecule has 2 aliphatic rings. The first-order valence-electron chi connectivity index (χ1n) is 8.74. The van der Waals surface area contributed by atoms with Crippen LogP contribution in [0.2, 0.25) is 5.02 Å². The van der Waals surface area contributed by atoms with Crippen LogP contribution in [0.15, 0.2) is 35.4 Å². The van der Waals surface area contributed by atoms with Gasteiger partial charge in [0.1, 0.15) is 0 Å². The summed E-state index contributed by atoms with van der Waals surface area (Å²) in [7, 11) is -3.65. The maximum atomic E-state index is 13.4. The lowest BCUT2D eigenvalue weighted by Crippen LogP contribution is -2.50. The zero-order chi connectivity index (χ0) is 18.8. The van der Waals surface area contributed by atoms with Crippen LogP contribution < -0.4 is 5.73 Å². The quantitative estimate of drug-likeness (QED) is 0.701. The van der Waals surface area contributed by atoms with Crippen LogP contribution in [0.25, 0.3) is 5.78 Å². The fourth-order valence-corrected chi connectivity index (χ4v) is 6.22. The number of benzene rings is 1. The van der Waals surface area contributed by atoms with E-state index >= 15 is 0 Å². The van der Waals surface area contributed by atoms with Crippen molar-refractivity contribution in [1.82, 2.24) is 23.9 Å².